The quantitative estimate of drug-likeness (QED) is 0.174. The minimum Gasteiger partial charge on any atom is -1.00 e. The fourth-order valence-corrected chi connectivity index (χ4v) is 13.7. The largest absolute Gasteiger partial charge is 1.00 e. The van der Waals surface area contributed by atoms with Gasteiger partial charge in [-0.2, -0.15) is 0 Å². The Morgan fingerprint density at radius 1 is 0.517 bits per heavy atom. The van der Waals surface area contributed by atoms with Gasteiger partial charge in [0.25, 0.3) is 0 Å². The SMILES string of the molecule is CC(C)(C)c1ccc2c(c1)=[C]([Zr+2]=[C](c1ccccc1)c1ccccc1)C1=C(C3=CC=CC3)C(c3ccccc3)(C(C)(C)C)C(c3ccccc3)=C(c3ccccc3)C=21.[Cl-].[Cl-]. The molecule has 3 heteroatoms. The van der Waals surface area contributed by atoms with Crippen LogP contribution >= 0.6 is 0 Å². The van der Waals surface area contributed by atoms with Crippen LogP contribution in [0.15, 0.2) is 205 Å². The first kappa shape index (κ1) is 43.4. The smallest absolute Gasteiger partial charge is 1.00 e. The molecule has 3 aliphatic rings. The van der Waals surface area contributed by atoms with Crippen molar-refractivity contribution in [2.45, 2.75) is 58.8 Å². The molecule has 6 aromatic rings. The van der Waals surface area contributed by atoms with Crippen molar-refractivity contribution in [2.75, 3.05) is 0 Å². The molecule has 1 unspecified atom stereocenters. The molecule has 0 amide bonds. The average Bonchev–Trinajstić information content (AvgIpc) is 3.89. The predicted molar refractivity (Wildman–Crippen MR) is 243 cm³/mol. The van der Waals surface area contributed by atoms with Crippen molar-refractivity contribution in [3.05, 3.63) is 249 Å². The third-order valence-electron chi connectivity index (χ3n) is 12.3. The Bertz CT molecular complexity index is 2770. The first-order chi connectivity index (χ1) is 28.1. The number of allylic oxidation sites excluding steroid dienone is 8. The van der Waals surface area contributed by atoms with Gasteiger partial charge in [-0.15, -0.1) is 0 Å². The zero-order chi connectivity index (χ0) is 40.1. The first-order valence-electron chi connectivity index (χ1n) is 20.8. The summed E-state index contributed by atoms with van der Waals surface area (Å²) in [5.74, 6) is 0. The summed E-state index contributed by atoms with van der Waals surface area (Å²) < 4.78 is 3.09. The molecular formula is C57H51Cl2Zr. The summed E-state index contributed by atoms with van der Waals surface area (Å²) >= 11 is -1.59. The van der Waals surface area contributed by atoms with E-state index >= 15 is 0 Å². The van der Waals surface area contributed by atoms with Crippen LogP contribution < -0.4 is 35.3 Å². The van der Waals surface area contributed by atoms with Gasteiger partial charge in [-0.3, -0.25) is 0 Å². The van der Waals surface area contributed by atoms with Gasteiger partial charge in [-0.05, 0) is 0 Å². The summed E-state index contributed by atoms with van der Waals surface area (Å²) in [5.41, 5.74) is 15.7. The zero-order valence-corrected chi connectivity index (χ0v) is 39.3. The van der Waals surface area contributed by atoms with Gasteiger partial charge in [0.1, 0.15) is 0 Å². The van der Waals surface area contributed by atoms with Crippen LogP contribution in [0.3, 0.4) is 0 Å². The Morgan fingerprint density at radius 2 is 1.03 bits per heavy atom. The molecule has 0 spiro atoms. The molecular weight excluding hydrogens is 847 g/mol. The van der Waals surface area contributed by atoms with Crippen LogP contribution in [0.1, 0.15) is 81.3 Å². The molecule has 60 heavy (non-hydrogen) atoms. The summed E-state index contributed by atoms with van der Waals surface area (Å²) in [7, 11) is 0. The second kappa shape index (κ2) is 17.4. The van der Waals surface area contributed by atoms with Gasteiger partial charge in [0, 0.05) is 0 Å². The van der Waals surface area contributed by atoms with Crippen LogP contribution in [-0.2, 0) is 33.6 Å². The summed E-state index contributed by atoms with van der Waals surface area (Å²) in [6.45, 7) is 14.5. The van der Waals surface area contributed by atoms with Gasteiger partial charge in [-0.1, -0.05) is 0 Å². The van der Waals surface area contributed by atoms with Crippen molar-refractivity contribution in [3.8, 4) is 0 Å². The van der Waals surface area contributed by atoms with E-state index in [1.54, 1.807) is 3.28 Å². The van der Waals surface area contributed by atoms with Crippen molar-refractivity contribution < 1.29 is 47.6 Å². The molecule has 0 fully saturated rings. The minimum absolute atomic E-state index is 0. The first-order valence-corrected chi connectivity index (χ1v) is 23.2. The van der Waals surface area contributed by atoms with Crippen molar-refractivity contribution in [2.24, 2.45) is 5.41 Å². The van der Waals surface area contributed by atoms with Gasteiger partial charge in [0.2, 0.25) is 0 Å². The molecule has 0 nitrogen and oxygen atoms in total. The molecule has 0 aromatic heterocycles. The monoisotopic (exact) mass is 895 g/mol. The number of halogens is 2. The van der Waals surface area contributed by atoms with Gasteiger partial charge < -0.3 is 24.8 Å². The normalized spacial score (nSPS) is 17.0. The van der Waals surface area contributed by atoms with E-state index < -0.39 is 28.2 Å². The molecule has 0 N–H and O–H groups in total. The fraction of sp³-hybridized carbons (Fsp3) is 0.175. The van der Waals surface area contributed by atoms with Crippen molar-refractivity contribution in [3.63, 3.8) is 0 Å². The molecule has 0 saturated heterocycles. The molecule has 297 valence electrons. The maximum absolute atomic E-state index is 2.59. The topological polar surface area (TPSA) is 0 Å². The molecule has 1 atom stereocenters. The van der Waals surface area contributed by atoms with Crippen molar-refractivity contribution >= 4 is 23.2 Å². The fourth-order valence-electron chi connectivity index (χ4n) is 9.79. The standard InChI is InChI=1S/C44H41.C13H10.2ClH.Zr/c1-42(2,3)35-26-27-36-33(28-35)29-37-39(36)38(30-18-10-7-11-19-30)41(32-20-12-8-13-21-32)44(43(4,5)6,34-24-14-9-15-25-34)40(37)31-22-16-17-23-31;1-3-7-12(8-4-1)11-13-9-5-2-6-10-13;;;/h7-22,24-28H,23H2,1-6H3;1-10H;2*1H;/q;;;;+2/p-2. The number of hydrogen-bond donors (Lipinski definition) is 0. The summed E-state index contributed by atoms with van der Waals surface area (Å²) in [6, 6.07) is 64.2. The number of fused-ring (bicyclic) bond motifs is 2. The van der Waals surface area contributed by atoms with Gasteiger partial charge in [-0.25, -0.2) is 0 Å². The van der Waals surface area contributed by atoms with Crippen molar-refractivity contribution in [1.82, 2.24) is 0 Å². The third kappa shape index (κ3) is 7.42. The van der Waals surface area contributed by atoms with E-state index in [1.165, 1.54) is 80.5 Å². The third-order valence-corrected chi connectivity index (χ3v) is 16.3. The molecule has 6 aromatic carbocycles. The van der Waals surface area contributed by atoms with Crippen LogP contribution in [-0.4, -0.2) is 3.21 Å². The Morgan fingerprint density at radius 3 is 1.53 bits per heavy atom. The van der Waals surface area contributed by atoms with E-state index in [4.69, 9.17) is 0 Å². The second-order valence-corrected chi connectivity index (χ2v) is 21.0. The van der Waals surface area contributed by atoms with Crippen LogP contribution in [0.25, 0.3) is 20.0 Å². The van der Waals surface area contributed by atoms with Gasteiger partial charge in [0.15, 0.2) is 0 Å². The number of hydrogen-bond acceptors (Lipinski definition) is 0. The Balaban J connectivity index is 0.00000272. The molecule has 0 bridgehead atoms. The molecule has 9 rings (SSSR count). The summed E-state index contributed by atoms with van der Waals surface area (Å²) in [4.78, 5) is 0. The van der Waals surface area contributed by atoms with Gasteiger partial charge in [0.05, 0.1) is 0 Å². The molecule has 0 saturated carbocycles. The van der Waals surface area contributed by atoms with E-state index in [0.717, 1.165) is 6.42 Å². The molecule has 0 radical (unpaired) electrons. The summed E-state index contributed by atoms with van der Waals surface area (Å²) in [5, 5.41) is 2.79. The predicted octanol–water partition coefficient (Wildman–Crippen LogP) is 6.41. The number of rotatable bonds is 7. The van der Waals surface area contributed by atoms with Crippen LogP contribution in [0.2, 0.25) is 0 Å². The van der Waals surface area contributed by atoms with E-state index in [0.29, 0.717) is 0 Å². The van der Waals surface area contributed by atoms with E-state index in [-0.39, 0.29) is 35.6 Å². The van der Waals surface area contributed by atoms with E-state index in [9.17, 15) is 0 Å². The second-order valence-electron chi connectivity index (χ2n) is 17.9. The van der Waals surface area contributed by atoms with Gasteiger partial charge >= 0.3 is 359 Å². The van der Waals surface area contributed by atoms with Crippen LogP contribution in [0, 0.1) is 5.41 Å². The van der Waals surface area contributed by atoms with Crippen LogP contribution in [0.5, 0.6) is 0 Å². The molecule has 0 aliphatic heterocycles. The number of benzene rings is 6. The summed E-state index contributed by atoms with van der Waals surface area (Å²) in [6.07, 6.45) is 8.01. The Labute approximate surface area is 380 Å². The molecule has 3 aliphatic carbocycles. The maximum atomic E-state index is 2.59. The van der Waals surface area contributed by atoms with Crippen LogP contribution in [0.4, 0.5) is 0 Å². The van der Waals surface area contributed by atoms with E-state index in [1.807, 2.05) is 0 Å². The van der Waals surface area contributed by atoms with E-state index in [2.05, 4.69) is 230 Å². The zero-order valence-electron chi connectivity index (χ0n) is 35.4. The molecule has 0 heterocycles. The average molecular weight is 898 g/mol. The Kier molecular flexibility index (Phi) is 12.6. The maximum Gasteiger partial charge on any atom is -1.00 e. The minimum atomic E-state index is -1.59. The van der Waals surface area contributed by atoms with Crippen molar-refractivity contribution in [1.29, 1.82) is 0 Å². The Hall–Kier alpha value is -4.65.